The van der Waals surface area contributed by atoms with Gasteiger partial charge in [0.15, 0.2) is 0 Å². The Hall–Kier alpha value is -2.43. The fraction of sp³-hybridized carbons (Fsp3) is 0. The van der Waals surface area contributed by atoms with E-state index in [1.807, 2.05) is 0 Å². The summed E-state index contributed by atoms with van der Waals surface area (Å²) in [4.78, 5) is 15.3. The van der Waals surface area contributed by atoms with E-state index in [2.05, 4.69) is 15.5 Å². The summed E-state index contributed by atoms with van der Waals surface area (Å²) in [6.45, 7) is 0. The second kappa shape index (κ2) is 4.88. The first-order valence-electron chi connectivity index (χ1n) is 4.63. The highest BCUT2D eigenvalue weighted by Crippen LogP contribution is 1.96. The Morgan fingerprint density at radius 1 is 1.38 bits per heavy atom. The number of hydrogen-bond donors (Lipinski definition) is 1. The van der Waals surface area contributed by atoms with Gasteiger partial charge in [-0.3, -0.25) is 9.78 Å². The van der Waals surface area contributed by atoms with E-state index in [9.17, 15) is 4.79 Å². The minimum Gasteiger partial charge on any atom is -0.463 e. The van der Waals surface area contributed by atoms with Crippen molar-refractivity contribution in [1.29, 1.82) is 0 Å². The summed E-state index contributed by atoms with van der Waals surface area (Å²) in [7, 11) is 0. The third kappa shape index (κ3) is 2.54. The Bertz CT molecular complexity index is 477. The Kier molecular flexibility index (Phi) is 3.08. The van der Waals surface area contributed by atoms with Crippen LogP contribution in [0.25, 0.3) is 0 Å². The van der Waals surface area contributed by atoms with Crippen molar-refractivity contribution in [2.75, 3.05) is 0 Å². The second-order valence-electron chi connectivity index (χ2n) is 2.95. The van der Waals surface area contributed by atoms with Gasteiger partial charge in [-0.05, 0) is 24.3 Å². The van der Waals surface area contributed by atoms with Crippen molar-refractivity contribution < 1.29 is 9.21 Å². The molecule has 0 spiro atoms. The molecule has 1 N–H and O–H groups in total. The number of hydrogen-bond acceptors (Lipinski definition) is 4. The fourth-order valence-electron chi connectivity index (χ4n) is 1.09. The van der Waals surface area contributed by atoms with E-state index in [1.54, 1.807) is 36.7 Å². The molecule has 16 heavy (non-hydrogen) atoms. The molecule has 0 aromatic carbocycles. The third-order valence-corrected chi connectivity index (χ3v) is 1.84. The van der Waals surface area contributed by atoms with Crippen LogP contribution in [0.1, 0.15) is 16.1 Å². The van der Waals surface area contributed by atoms with Crippen molar-refractivity contribution in [1.82, 2.24) is 10.4 Å². The zero-order chi connectivity index (χ0) is 11.2. The first kappa shape index (κ1) is 10.1. The topological polar surface area (TPSA) is 67.5 Å². The van der Waals surface area contributed by atoms with E-state index in [1.165, 1.54) is 12.5 Å². The lowest BCUT2D eigenvalue weighted by Gasteiger charge is -1.97. The van der Waals surface area contributed by atoms with Gasteiger partial charge in [-0.15, -0.1) is 0 Å². The number of nitrogens with one attached hydrogen (secondary N) is 1. The molecule has 5 heteroatoms. The number of amides is 1. The molecular formula is C11H9N3O2. The predicted molar refractivity (Wildman–Crippen MR) is 58.0 cm³/mol. The maximum Gasteiger partial charge on any atom is 0.271 e. The summed E-state index contributed by atoms with van der Waals surface area (Å²) in [5.74, 6) is 0.292. The van der Waals surface area contributed by atoms with Crippen LogP contribution in [0.4, 0.5) is 0 Å². The average Bonchev–Trinajstić information content (AvgIpc) is 2.83. The Labute approximate surface area is 91.8 Å². The van der Waals surface area contributed by atoms with Gasteiger partial charge < -0.3 is 4.42 Å². The summed E-state index contributed by atoms with van der Waals surface area (Å²) >= 11 is 0. The Balaban J connectivity index is 1.94. The zero-order valence-corrected chi connectivity index (χ0v) is 8.33. The Morgan fingerprint density at radius 2 is 2.19 bits per heavy atom. The van der Waals surface area contributed by atoms with Crippen molar-refractivity contribution >= 4 is 12.1 Å². The standard InChI is InChI=1S/C11H9N3O2/c15-11(9-3-5-12-6-4-9)14-13-8-10-2-1-7-16-10/h1-8H,(H,14,15). The number of nitrogens with zero attached hydrogens (tertiary/aromatic N) is 2. The molecule has 0 bridgehead atoms. The van der Waals surface area contributed by atoms with Crippen LogP contribution in [0.3, 0.4) is 0 Å². The summed E-state index contributed by atoms with van der Waals surface area (Å²) in [5.41, 5.74) is 2.89. The smallest absolute Gasteiger partial charge is 0.271 e. The lowest BCUT2D eigenvalue weighted by Crippen LogP contribution is -2.17. The van der Waals surface area contributed by atoms with E-state index in [0.717, 1.165) is 0 Å². The molecule has 2 aromatic rings. The molecule has 2 heterocycles. The molecule has 0 aliphatic carbocycles. The number of carbonyl (C=O) groups is 1. The molecule has 0 saturated carbocycles. The second-order valence-corrected chi connectivity index (χ2v) is 2.95. The van der Waals surface area contributed by atoms with Crippen LogP contribution in [0.5, 0.6) is 0 Å². The number of carbonyl (C=O) groups excluding carboxylic acids is 1. The lowest BCUT2D eigenvalue weighted by atomic mass is 10.3. The van der Waals surface area contributed by atoms with Crippen molar-refractivity contribution in [2.45, 2.75) is 0 Å². The lowest BCUT2D eigenvalue weighted by molar-refractivity contribution is 0.0955. The van der Waals surface area contributed by atoms with Gasteiger partial charge in [0, 0.05) is 18.0 Å². The van der Waals surface area contributed by atoms with Gasteiger partial charge in [0.1, 0.15) is 5.76 Å². The molecule has 0 unspecified atom stereocenters. The molecule has 0 saturated heterocycles. The van der Waals surface area contributed by atoms with Crippen LogP contribution in [0.15, 0.2) is 52.4 Å². The maximum atomic E-state index is 11.5. The molecule has 0 atom stereocenters. The molecule has 0 fully saturated rings. The van der Waals surface area contributed by atoms with E-state index >= 15 is 0 Å². The highest BCUT2D eigenvalue weighted by atomic mass is 16.3. The van der Waals surface area contributed by atoms with Crippen LogP contribution in [0, 0.1) is 0 Å². The van der Waals surface area contributed by atoms with E-state index in [-0.39, 0.29) is 5.91 Å². The molecule has 0 aliphatic rings. The highest BCUT2D eigenvalue weighted by molar-refractivity contribution is 5.94. The van der Waals surface area contributed by atoms with Crippen LogP contribution < -0.4 is 5.43 Å². The van der Waals surface area contributed by atoms with E-state index in [0.29, 0.717) is 11.3 Å². The fourth-order valence-corrected chi connectivity index (χ4v) is 1.09. The molecular weight excluding hydrogens is 206 g/mol. The first-order valence-corrected chi connectivity index (χ1v) is 4.63. The highest BCUT2D eigenvalue weighted by Gasteiger charge is 2.01. The van der Waals surface area contributed by atoms with E-state index in [4.69, 9.17) is 4.42 Å². The molecule has 5 nitrogen and oxygen atoms in total. The summed E-state index contributed by atoms with van der Waals surface area (Å²) in [5, 5.41) is 3.75. The first-order chi connectivity index (χ1) is 7.86. The van der Waals surface area contributed by atoms with Crippen LogP contribution in [-0.4, -0.2) is 17.1 Å². The monoisotopic (exact) mass is 215 g/mol. The molecule has 0 aliphatic heterocycles. The number of rotatable bonds is 3. The van der Waals surface area contributed by atoms with Crippen molar-refractivity contribution in [2.24, 2.45) is 5.10 Å². The zero-order valence-electron chi connectivity index (χ0n) is 8.33. The maximum absolute atomic E-state index is 11.5. The van der Waals surface area contributed by atoms with Gasteiger partial charge in [-0.2, -0.15) is 5.10 Å². The molecule has 80 valence electrons. The number of hydrazone groups is 1. The van der Waals surface area contributed by atoms with E-state index < -0.39 is 0 Å². The van der Waals surface area contributed by atoms with Gasteiger partial charge in [0.05, 0.1) is 12.5 Å². The molecule has 0 radical (unpaired) electrons. The van der Waals surface area contributed by atoms with Crippen LogP contribution >= 0.6 is 0 Å². The quantitative estimate of drug-likeness (QED) is 0.622. The minimum absolute atomic E-state index is 0.287. The molecule has 2 rings (SSSR count). The predicted octanol–water partition coefficient (Wildman–Crippen LogP) is 1.44. The van der Waals surface area contributed by atoms with Gasteiger partial charge in [-0.25, -0.2) is 5.43 Å². The van der Waals surface area contributed by atoms with Gasteiger partial charge in [0.25, 0.3) is 5.91 Å². The van der Waals surface area contributed by atoms with Crippen LogP contribution in [0.2, 0.25) is 0 Å². The van der Waals surface area contributed by atoms with Gasteiger partial charge in [0.2, 0.25) is 0 Å². The number of furan rings is 1. The summed E-state index contributed by atoms with van der Waals surface area (Å²) in [6, 6.07) is 6.70. The third-order valence-electron chi connectivity index (χ3n) is 1.84. The van der Waals surface area contributed by atoms with Gasteiger partial charge >= 0.3 is 0 Å². The largest absolute Gasteiger partial charge is 0.463 e. The Morgan fingerprint density at radius 3 is 2.88 bits per heavy atom. The van der Waals surface area contributed by atoms with Gasteiger partial charge in [-0.1, -0.05) is 0 Å². The minimum atomic E-state index is -0.287. The average molecular weight is 215 g/mol. The SMILES string of the molecule is O=C(NN=Cc1ccco1)c1ccncc1. The summed E-state index contributed by atoms with van der Waals surface area (Å²) in [6.07, 6.45) is 6.06. The number of aromatic nitrogens is 1. The molecule has 1 amide bonds. The van der Waals surface area contributed by atoms with Crippen molar-refractivity contribution in [3.05, 3.63) is 54.2 Å². The van der Waals surface area contributed by atoms with Crippen molar-refractivity contribution in [3.8, 4) is 0 Å². The normalized spacial score (nSPS) is 10.5. The van der Waals surface area contributed by atoms with Crippen molar-refractivity contribution in [3.63, 3.8) is 0 Å². The summed E-state index contributed by atoms with van der Waals surface area (Å²) < 4.78 is 5.01. The number of pyridine rings is 1. The van der Waals surface area contributed by atoms with Crippen LogP contribution in [-0.2, 0) is 0 Å². The molecule has 2 aromatic heterocycles.